The third kappa shape index (κ3) is 1.76. The van der Waals surface area contributed by atoms with E-state index < -0.39 is 0 Å². The molecule has 0 N–H and O–H groups in total. The lowest BCUT2D eigenvalue weighted by atomic mass is 10.0. The standard InChI is InChI=1S/C14H11NO/c1-3-11-8-9-15-10-13(11)12-6-4-5-7-14(12)16-2/h1,4-10H,2H3. The van der Waals surface area contributed by atoms with Crippen LogP contribution in [0.5, 0.6) is 5.75 Å². The number of ether oxygens (including phenoxy) is 1. The summed E-state index contributed by atoms with van der Waals surface area (Å²) in [4.78, 5) is 4.09. The van der Waals surface area contributed by atoms with Crippen LogP contribution in [0.4, 0.5) is 0 Å². The summed E-state index contributed by atoms with van der Waals surface area (Å²) < 4.78 is 5.30. The van der Waals surface area contributed by atoms with Crippen LogP contribution in [0.1, 0.15) is 5.56 Å². The smallest absolute Gasteiger partial charge is 0.126 e. The van der Waals surface area contributed by atoms with Crippen LogP contribution in [0.25, 0.3) is 11.1 Å². The lowest BCUT2D eigenvalue weighted by molar-refractivity contribution is 0.416. The lowest BCUT2D eigenvalue weighted by Gasteiger charge is -2.09. The van der Waals surface area contributed by atoms with Crippen molar-refractivity contribution in [3.8, 4) is 29.2 Å². The molecule has 1 aromatic carbocycles. The van der Waals surface area contributed by atoms with Crippen LogP contribution in [0.2, 0.25) is 0 Å². The number of nitrogens with zero attached hydrogens (tertiary/aromatic N) is 1. The number of pyridine rings is 1. The molecule has 0 bridgehead atoms. The molecule has 2 rings (SSSR count). The van der Waals surface area contributed by atoms with Gasteiger partial charge in [-0.15, -0.1) is 6.42 Å². The molecule has 0 fully saturated rings. The van der Waals surface area contributed by atoms with E-state index in [1.54, 1.807) is 19.5 Å². The first-order chi connectivity index (χ1) is 7.86. The minimum atomic E-state index is 0.798. The van der Waals surface area contributed by atoms with Gasteiger partial charge in [-0.05, 0) is 12.1 Å². The summed E-state index contributed by atoms with van der Waals surface area (Å²) in [6, 6.07) is 9.57. The zero-order valence-electron chi connectivity index (χ0n) is 8.97. The van der Waals surface area contributed by atoms with Crippen LogP contribution in [-0.2, 0) is 0 Å². The molecule has 0 saturated carbocycles. The van der Waals surface area contributed by atoms with Gasteiger partial charge in [0.2, 0.25) is 0 Å². The Balaban J connectivity index is 2.64. The Bertz CT molecular complexity index is 540. The summed E-state index contributed by atoms with van der Waals surface area (Å²) in [7, 11) is 1.64. The zero-order valence-corrected chi connectivity index (χ0v) is 8.97. The molecule has 0 aliphatic heterocycles. The van der Waals surface area contributed by atoms with Gasteiger partial charge >= 0.3 is 0 Å². The number of hydrogen-bond donors (Lipinski definition) is 0. The molecular weight excluding hydrogens is 198 g/mol. The van der Waals surface area contributed by atoms with Gasteiger partial charge < -0.3 is 4.74 Å². The number of benzene rings is 1. The van der Waals surface area contributed by atoms with E-state index in [1.807, 2.05) is 30.3 Å². The Hall–Kier alpha value is -2.27. The maximum absolute atomic E-state index is 5.46. The third-order valence-electron chi connectivity index (χ3n) is 2.37. The zero-order chi connectivity index (χ0) is 11.4. The average molecular weight is 209 g/mol. The minimum Gasteiger partial charge on any atom is -0.496 e. The summed E-state index contributed by atoms with van der Waals surface area (Å²) in [6.07, 6.45) is 8.91. The number of methoxy groups -OCH3 is 1. The van der Waals surface area contributed by atoms with Gasteiger partial charge in [0.1, 0.15) is 5.75 Å². The monoisotopic (exact) mass is 209 g/mol. The number of aromatic nitrogens is 1. The van der Waals surface area contributed by atoms with E-state index in [2.05, 4.69) is 10.9 Å². The van der Waals surface area contributed by atoms with Crippen molar-refractivity contribution in [3.05, 3.63) is 48.3 Å². The maximum atomic E-state index is 5.46. The topological polar surface area (TPSA) is 22.1 Å². The van der Waals surface area contributed by atoms with Gasteiger partial charge in [-0.1, -0.05) is 24.1 Å². The van der Waals surface area contributed by atoms with Gasteiger partial charge in [-0.3, -0.25) is 4.98 Å². The van der Waals surface area contributed by atoms with Crippen LogP contribution in [0, 0.1) is 12.3 Å². The molecule has 1 heterocycles. The van der Waals surface area contributed by atoms with Crippen LogP contribution in [-0.4, -0.2) is 12.1 Å². The van der Waals surface area contributed by atoms with E-state index in [0.717, 1.165) is 22.4 Å². The number of para-hydroxylation sites is 1. The average Bonchev–Trinajstić information content (AvgIpc) is 2.38. The van der Waals surface area contributed by atoms with Crippen molar-refractivity contribution in [3.63, 3.8) is 0 Å². The highest BCUT2D eigenvalue weighted by molar-refractivity contribution is 5.75. The predicted octanol–water partition coefficient (Wildman–Crippen LogP) is 2.74. The third-order valence-corrected chi connectivity index (χ3v) is 2.37. The highest BCUT2D eigenvalue weighted by Crippen LogP contribution is 2.30. The molecule has 16 heavy (non-hydrogen) atoms. The number of rotatable bonds is 2. The number of terminal acetylenes is 1. The SMILES string of the molecule is C#Cc1ccncc1-c1ccccc1OC. The Morgan fingerprint density at radius 3 is 2.75 bits per heavy atom. The molecule has 0 aliphatic rings. The second-order valence-corrected chi connectivity index (χ2v) is 3.27. The maximum Gasteiger partial charge on any atom is 0.126 e. The molecule has 0 amide bonds. The summed E-state index contributed by atoms with van der Waals surface area (Å²) in [5, 5.41) is 0. The summed E-state index contributed by atoms with van der Waals surface area (Å²) >= 11 is 0. The van der Waals surface area contributed by atoms with E-state index in [9.17, 15) is 0 Å². The van der Waals surface area contributed by atoms with Crippen molar-refractivity contribution >= 4 is 0 Å². The molecule has 0 saturated heterocycles. The quantitative estimate of drug-likeness (QED) is 0.709. The Labute approximate surface area is 94.9 Å². The molecule has 0 atom stereocenters. The molecule has 2 nitrogen and oxygen atoms in total. The van der Waals surface area contributed by atoms with Crippen LogP contribution in [0.3, 0.4) is 0 Å². The van der Waals surface area contributed by atoms with Gasteiger partial charge in [0.15, 0.2) is 0 Å². The van der Waals surface area contributed by atoms with E-state index in [0.29, 0.717) is 0 Å². The molecule has 2 aromatic rings. The molecule has 0 radical (unpaired) electrons. The second-order valence-electron chi connectivity index (χ2n) is 3.27. The van der Waals surface area contributed by atoms with E-state index in [-0.39, 0.29) is 0 Å². The first-order valence-corrected chi connectivity index (χ1v) is 4.91. The summed E-state index contributed by atoms with van der Waals surface area (Å²) in [5.41, 5.74) is 2.70. The van der Waals surface area contributed by atoms with Crippen LogP contribution < -0.4 is 4.74 Å². The van der Waals surface area contributed by atoms with Crippen molar-refractivity contribution < 1.29 is 4.74 Å². The molecule has 1 aromatic heterocycles. The normalized spacial score (nSPS) is 9.50. The molecule has 0 aliphatic carbocycles. The van der Waals surface area contributed by atoms with Crippen molar-refractivity contribution in [1.82, 2.24) is 4.98 Å². The van der Waals surface area contributed by atoms with Crippen molar-refractivity contribution in [2.75, 3.05) is 7.11 Å². The second kappa shape index (κ2) is 4.50. The fourth-order valence-electron chi connectivity index (χ4n) is 1.60. The Morgan fingerprint density at radius 2 is 2.00 bits per heavy atom. The Kier molecular flexibility index (Phi) is 2.88. The predicted molar refractivity (Wildman–Crippen MR) is 64.2 cm³/mol. The minimum absolute atomic E-state index is 0.798. The molecular formula is C14H11NO. The van der Waals surface area contributed by atoms with E-state index in [4.69, 9.17) is 11.2 Å². The first-order valence-electron chi connectivity index (χ1n) is 4.91. The van der Waals surface area contributed by atoms with Gasteiger partial charge in [0.25, 0.3) is 0 Å². The van der Waals surface area contributed by atoms with E-state index >= 15 is 0 Å². The highest BCUT2D eigenvalue weighted by atomic mass is 16.5. The van der Waals surface area contributed by atoms with Crippen LogP contribution in [0.15, 0.2) is 42.7 Å². The molecule has 2 heteroatoms. The number of hydrogen-bond acceptors (Lipinski definition) is 2. The van der Waals surface area contributed by atoms with Crippen LogP contribution >= 0.6 is 0 Å². The van der Waals surface area contributed by atoms with Gasteiger partial charge in [0, 0.05) is 29.1 Å². The molecule has 0 spiro atoms. The fraction of sp³-hybridized carbons (Fsp3) is 0.0714. The molecule has 78 valence electrons. The highest BCUT2D eigenvalue weighted by Gasteiger charge is 2.08. The lowest BCUT2D eigenvalue weighted by Crippen LogP contribution is -1.90. The van der Waals surface area contributed by atoms with Crippen molar-refractivity contribution in [2.45, 2.75) is 0 Å². The molecule has 0 unspecified atom stereocenters. The van der Waals surface area contributed by atoms with Gasteiger partial charge in [0.05, 0.1) is 7.11 Å². The van der Waals surface area contributed by atoms with Gasteiger partial charge in [-0.25, -0.2) is 0 Å². The van der Waals surface area contributed by atoms with Crippen molar-refractivity contribution in [1.29, 1.82) is 0 Å². The Morgan fingerprint density at radius 1 is 1.19 bits per heavy atom. The largest absolute Gasteiger partial charge is 0.496 e. The van der Waals surface area contributed by atoms with Crippen molar-refractivity contribution in [2.24, 2.45) is 0 Å². The first kappa shape index (κ1) is 10.3. The van der Waals surface area contributed by atoms with Gasteiger partial charge in [-0.2, -0.15) is 0 Å². The van der Waals surface area contributed by atoms with E-state index in [1.165, 1.54) is 0 Å². The summed E-state index contributed by atoms with van der Waals surface area (Å²) in [5.74, 6) is 3.45. The fourth-order valence-corrected chi connectivity index (χ4v) is 1.60. The summed E-state index contributed by atoms with van der Waals surface area (Å²) in [6.45, 7) is 0.